The summed E-state index contributed by atoms with van der Waals surface area (Å²) < 4.78 is 0. The van der Waals surface area contributed by atoms with Crippen molar-refractivity contribution in [1.82, 2.24) is 20.3 Å². The van der Waals surface area contributed by atoms with E-state index in [0.717, 1.165) is 52.9 Å². The Morgan fingerprint density at radius 1 is 0.966 bits per heavy atom. The predicted molar refractivity (Wildman–Crippen MR) is 117 cm³/mol. The van der Waals surface area contributed by atoms with E-state index in [1.807, 2.05) is 18.6 Å². The highest BCUT2D eigenvalue weighted by Crippen LogP contribution is 2.27. The van der Waals surface area contributed by atoms with Gasteiger partial charge in [-0.2, -0.15) is 0 Å². The molecule has 29 heavy (non-hydrogen) atoms. The number of rotatable bonds is 1. The van der Waals surface area contributed by atoms with Gasteiger partial charge < -0.3 is 10.3 Å². The number of aromatic nitrogens is 3. The molecular weight excluding hydrogens is 403 g/mol. The van der Waals surface area contributed by atoms with Gasteiger partial charge in [-0.05, 0) is 42.8 Å². The average molecular weight is 419 g/mol. The van der Waals surface area contributed by atoms with Crippen molar-refractivity contribution in [3.05, 3.63) is 81.4 Å². The molecule has 0 amide bonds. The first-order valence-electron chi connectivity index (χ1n) is 9.31. The molecule has 2 N–H and O–H groups in total. The van der Waals surface area contributed by atoms with Crippen molar-refractivity contribution in [1.29, 1.82) is 0 Å². The van der Waals surface area contributed by atoms with Crippen LogP contribution in [-0.2, 0) is 13.0 Å². The third-order valence-electron chi connectivity index (χ3n) is 5.07. The number of H-pyrrole nitrogens is 1. The fraction of sp³-hybridized carbons (Fsp3) is 0.130. The number of halogens is 2. The van der Waals surface area contributed by atoms with Crippen molar-refractivity contribution >= 4 is 34.2 Å². The Hall–Kier alpha value is -2.84. The van der Waals surface area contributed by atoms with Gasteiger partial charge >= 0.3 is 0 Å². The van der Waals surface area contributed by atoms with Crippen LogP contribution in [0.4, 0.5) is 0 Å². The second-order valence-corrected chi connectivity index (χ2v) is 7.74. The van der Waals surface area contributed by atoms with E-state index in [9.17, 15) is 0 Å². The molecule has 6 heteroatoms. The molecule has 142 valence electrons. The Kier molecular flexibility index (Phi) is 4.73. The van der Waals surface area contributed by atoms with E-state index in [4.69, 9.17) is 23.2 Å². The zero-order chi connectivity index (χ0) is 19.8. The largest absolute Gasteiger partial charge is 0.345 e. The molecule has 1 aliphatic heterocycles. The van der Waals surface area contributed by atoms with Crippen LogP contribution in [-0.4, -0.2) is 21.5 Å². The third-order valence-corrected chi connectivity index (χ3v) is 5.70. The Morgan fingerprint density at radius 3 is 2.62 bits per heavy atom. The van der Waals surface area contributed by atoms with Crippen molar-refractivity contribution in [3.8, 4) is 23.0 Å². The van der Waals surface area contributed by atoms with E-state index in [0.29, 0.717) is 15.6 Å². The lowest BCUT2D eigenvalue weighted by atomic mass is 10.0. The van der Waals surface area contributed by atoms with Crippen LogP contribution in [0.2, 0.25) is 10.0 Å². The van der Waals surface area contributed by atoms with Crippen LogP contribution < -0.4 is 5.32 Å². The van der Waals surface area contributed by atoms with E-state index in [1.165, 1.54) is 5.56 Å². The van der Waals surface area contributed by atoms with Gasteiger partial charge in [0.25, 0.3) is 0 Å². The lowest BCUT2D eigenvalue weighted by molar-refractivity contribution is 0.627. The molecular formula is C23H16Cl2N4. The van der Waals surface area contributed by atoms with Gasteiger partial charge in [0, 0.05) is 41.6 Å². The second kappa shape index (κ2) is 7.53. The summed E-state index contributed by atoms with van der Waals surface area (Å²) in [5.74, 6) is 6.28. The minimum atomic E-state index is 0.540. The summed E-state index contributed by atoms with van der Waals surface area (Å²) in [5.41, 5.74) is 6.77. The lowest BCUT2D eigenvalue weighted by Gasteiger charge is -2.16. The maximum atomic E-state index is 6.23. The smallest absolute Gasteiger partial charge is 0.138 e. The molecule has 0 spiro atoms. The predicted octanol–water partition coefficient (Wildman–Crippen LogP) is 4.98. The number of hydrogen-bond donors (Lipinski definition) is 2. The first kappa shape index (κ1) is 18.2. The van der Waals surface area contributed by atoms with Crippen molar-refractivity contribution < 1.29 is 0 Å². The van der Waals surface area contributed by atoms with Gasteiger partial charge in [0.1, 0.15) is 5.65 Å². The molecule has 4 heterocycles. The van der Waals surface area contributed by atoms with E-state index < -0.39 is 0 Å². The van der Waals surface area contributed by atoms with Crippen molar-refractivity contribution in [2.45, 2.75) is 13.0 Å². The van der Waals surface area contributed by atoms with Gasteiger partial charge in [-0.1, -0.05) is 41.1 Å². The van der Waals surface area contributed by atoms with E-state index >= 15 is 0 Å². The zero-order valence-corrected chi connectivity index (χ0v) is 16.9. The standard InChI is InChI=1S/C23H16Cl2N4/c24-20-2-1-3-21(25)18(20)5-4-15-10-28-23-19(15)9-17(12-29-23)16-8-14-6-7-26-13-22(14)27-11-16/h1-3,8-12,26H,6-7,13H2,(H,28,29). The zero-order valence-electron chi connectivity index (χ0n) is 15.4. The van der Waals surface area contributed by atoms with Crippen LogP contribution in [0.15, 0.2) is 48.9 Å². The lowest BCUT2D eigenvalue weighted by Crippen LogP contribution is -2.24. The van der Waals surface area contributed by atoms with Crippen molar-refractivity contribution in [3.63, 3.8) is 0 Å². The minimum Gasteiger partial charge on any atom is -0.345 e. The van der Waals surface area contributed by atoms with Gasteiger partial charge in [-0.3, -0.25) is 4.98 Å². The van der Waals surface area contributed by atoms with Gasteiger partial charge in [0.15, 0.2) is 0 Å². The van der Waals surface area contributed by atoms with Gasteiger partial charge in [0.05, 0.1) is 26.9 Å². The first-order chi connectivity index (χ1) is 14.2. The number of pyridine rings is 2. The van der Waals surface area contributed by atoms with E-state index in [2.05, 4.69) is 44.2 Å². The van der Waals surface area contributed by atoms with Crippen LogP contribution in [0, 0.1) is 11.8 Å². The average Bonchev–Trinajstić information content (AvgIpc) is 3.15. The van der Waals surface area contributed by atoms with E-state index in [-0.39, 0.29) is 0 Å². The highest BCUT2D eigenvalue weighted by Gasteiger charge is 2.12. The summed E-state index contributed by atoms with van der Waals surface area (Å²) in [6.07, 6.45) is 6.63. The summed E-state index contributed by atoms with van der Waals surface area (Å²) >= 11 is 12.5. The Labute approximate surface area is 178 Å². The maximum Gasteiger partial charge on any atom is 0.138 e. The van der Waals surface area contributed by atoms with Crippen LogP contribution in [0.5, 0.6) is 0 Å². The molecule has 1 aromatic carbocycles. The van der Waals surface area contributed by atoms with Crippen LogP contribution in [0.25, 0.3) is 22.2 Å². The normalized spacial score (nSPS) is 13.0. The molecule has 0 unspecified atom stereocenters. The SMILES string of the molecule is Clc1cccc(Cl)c1C#Cc1c[nH]c2ncc(-c3cnc4c(c3)CCNC4)cc12. The number of fused-ring (bicyclic) bond motifs is 2. The maximum absolute atomic E-state index is 6.23. The molecule has 0 aliphatic carbocycles. The monoisotopic (exact) mass is 418 g/mol. The van der Waals surface area contributed by atoms with Crippen LogP contribution in [0.3, 0.4) is 0 Å². The second-order valence-electron chi connectivity index (χ2n) is 6.93. The molecule has 1 aliphatic rings. The summed E-state index contributed by atoms with van der Waals surface area (Å²) in [6, 6.07) is 9.69. The minimum absolute atomic E-state index is 0.540. The quantitative estimate of drug-likeness (QED) is 0.428. The molecule has 0 saturated heterocycles. The highest BCUT2D eigenvalue weighted by molar-refractivity contribution is 6.36. The molecule has 0 fully saturated rings. The molecule has 0 bridgehead atoms. The molecule has 3 aromatic heterocycles. The number of nitrogens with zero attached hydrogens (tertiary/aromatic N) is 2. The Bertz CT molecular complexity index is 1280. The number of benzene rings is 1. The summed E-state index contributed by atoms with van der Waals surface area (Å²) in [6.45, 7) is 1.81. The number of aromatic amines is 1. The first-order valence-corrected chi connectivity index (χ1v) is 10.1. The fourth-order valence-electron chi connectivity index (χ4n) is 3.51. The number of nitrogens with one attached hydrogen (secondary N) is 2. The third kappa shape index (κ3) is 3.49. The van der Waals surface area contributed by atoms with Crippen LogP contribution >= 0.6 is 23.2 Å². The topological polar surface area (TPSA) is 53.6 Å². The van der Waals surface area contributed by atoms with E-state index in [1.54, 1.807) is 18.2 Å². The van der Waals surface area contributed by atoms with Gasteiger partial charge in [-0.15, -0.1) is 0 Å². The summed E-state index contributed by atoms with van der Waals surface area (Å²) in [4.78, 5) is 12.4. The Morgan fingerprint density at radius 2 is 1.76 bits per heavy atom. The molecule has 5 rings (SSSR count). The Balaban J connectivity index is 1.56. The van der Waals surface area contributed by atoms with Crippen molar-refractivity contribution in [2.75, 3.05) is 6.54 Å². The van der Waals surface area contributed by atoms with Crippen LogP contribution in [0.1, 0.15) is 22.4 Å². The molecule has 4 nitrogen and oxygen atoms in total. The van der Waals surface area contributed by atoms with Crippen molar-refractivity contribution in [2.24, 2.45) is 0 Å². The molecule has 0 radical (unpaired) electrons. The fourth-order valence-corrected chi connectivity index (χ4v) is 4.01. The highest BCUT2D eigenvalue weighted by atomic mass is 35.5. The van der Waals surface area contributed by atoms with Gasteiger partial charge in [0.2, 0.25) is 0 Å². The molecule has 4 aromatic rings. The van der Waals surface area contributed by atoms with Gasteiger partial charge in [-0.25, -0.2) is 4.98 Å². The molecule has 0 saturated carbocycles. The molecule has 0 atom stereocenters. The number of hydrogen-bond acceptors (Lipinski definition) is 3. The summed E-state index contributed by atoms with van der Waals surface area (Å²) in [7, 11) is 0. The summed E-state index contributed by atoms with van der Waals surface area (Å²) in [5, 5.41) is 5.39.